The van der Waals surface area contributed by atoms with Gasteiger partial charge in [-0.05, 0) is 46.9 Å². The van der Waals surface area contributed by atoms with Gasteiger partial charge in [0.1, 0.15) is 11.6 Å². The maximum absolute atomic E-state index is 12.9. The van der Waals surface area contributed by atoms with Crippen molar-refractivity contribution in [3.8, 4) is 11.1 Å². The Morgan fingerprint density at radius 1 is 0.567 bits per heavy atom. The van der Waals surface area contributed by atoms with Crippen molar-refractivity contribution in [2.45, 2.75) is 0 Å². The van der Waals surface area contributed by atoms with Gasteiger partial charge in [-0.2, -0.15) is 0 Å². The number of hydrogen-bond acceptors (Lipinski definition) is 2. The van der Waals surface area contributed by atoms with Crippen molar-refractivity contribution in [1.82, 2.24) is 0 Å². The molecule has 0 amide bonds. The predicted octanol–water partition coefficient (Wildman–Crippen LogP) is 5.45. The number of halogens is 3. The molecule has 0 fully saturated rings. The Balaban J connectivity index is 0.000000167. The third-order valence-electron chi connectivity index (χ3n) is 3.82. The van der Waals surface area contributed by atoms with Gasteiger partial charge in [0.05, 0.1) is 0 Å². The summed E-state index contributed by atoms with van der Waals surface area (Å²) in [5, 5.41) is 17.2. The summed E-state index contributed by atoms with van der Waals surface area (Å²) in [6.07, 6.45) is 0. The monoisotopic (exact) mass is 468 g/mol. The molecule has 0 atom stereocenters. The molecule has 0 unspecified atom stereocenters. The fourth-order valence-corrected chi connectivity index (χ4v) is 2.76. The topological polar surface area (TPSA) is 40.5 Å². The average molecular weight is 469 g/mol. The van der Waals surface area contributed by atoms with Gasteiger partial charge < -0.3 is 10.0 Å². The van der Waals surface area contributed by atoms with Crippen LogP contribution in [-0.4, -0.2) is 17.2 Å². The molecule has 0 spiro atoms. The molecule has 4 aromatic carbocycles. The third-order valence-corrected chi connectivity index (χ3v) is 4.31. The van der Waals surface area contributed by atoms with Crippen LogP contribution in [0.3, 0.4) is 0 Å². The molecular formula is C24H20BBrF2O2. The van der Waals surface area contributed by atoms with Crippen molar-refractivity contribution in [3.05, 3.63) is 125 Å². The molecular weight excluding hydrogens is 449 g/mol. The molecule has 0 saturated heterocycles. The summed E-state index contributed by atoms with van der Waals surface area (Å²) in [4.78, 5) is 0. The summed E-state index contributed by atoms with van der Waals surface area (Å²) in [7, 11) is -1.34. The Bertz CT molecular complexity index is 998. The summed E-state index contributed by atoms with van der Waals surface area (Å²) in [5.41, 5.74) is 2.49. The van der Waals surface area contributed by atoms with Gasteiger partial charge in [0.2, 0.25) is 0 Å². The van der Waals surface area contributed by atoms with Crippen molar-refractivity contribution in [2.75, 3.05) is 0 Å². The second kappa shape index (κ2) is 12.7. The van der Waals surface area contributed by atoms with E-state index in [1.54, 1.807) is 42.5 Å². The lowest BCUT2D eigenvalue weighted by Crippen LogP contribution is -2.29. The Morgan fingerprint density at radius 3 is 1.50 bits per heavy atom. The minimum atomic E-state index is -1.34. The minimum Gasteiger partial charge on any atom is -0.423 e. The summed E-state index contributed by atoms with van der Waals surface area (Å²) in [5.74, 6) is -0.402. The van der Waals surface area contributed by atoms with Crippen LogP contribution < -0.4 is 5.46 Å². The van der Waals surface area contributed by atoms with Gasteiger partial charge in [0.25, 0.3) is 0 Å². The molecule has 0 bridgehead atoms. The Kier molecular flexibility index (Phi) is 9.94. The van der Waals surface area contributed by atoms with E-state index in [0.29, 0.717) is 5.46 Å². The second-order valence-corrected chi connectivity index (χ2v) is 7.02. The third kappa shape index (κ3) is 8.70. The van der Waals surface area contributed by atoms with Gasteiger partial charge >= 0.3 is 7.12 Å². The van der Waals surface area contributed by atoms with Crippen LogP contribution in [0.5, 0.6) is 0 Å². The molecule has 0 radical (unpaired) electrons. The van der Waals surface area contributed by atoms with E-state index in [4.69, 9.17) is 10.0 Å². The standard InChI is InChI=1S/C12H9F.C6H7BO2.C6H4BrF/c13-12-8-4-7-11(9-12)10-5-2-1-3-6-10;8-7(9)6-4-2-1-3-5-6;7-5-2-1-3-6(8)4-5/h1-9H;1-5,8-9H;1-4H. The molecule has 0 aliphatic heterocycles. The highest BCUT2D eigenvalue weighted by atomic mass is 79.9. The maximum Gasteiger partial charge on any atom is 0.488 e. The van der Waals surface area contributed by atoms with Crippen molar-refractivity contribution >= 4 is 28.5 Å². The molecule has 0 saturated carbocycles. The summed E-state index contributed by atoms with van der Waals surface area (Å²) in [6.45, 7) is 0. The van der Waals surface area contributed by atoms with Crippen LogP contribution in [0.2, 0.25) is 0 Å². The Hall–Kier alpha value is -2.80. The van der Waals surface area contributed by atoms with Crippen LogP contribution in [-0.2, 0) is 0 Å². The van der Waals surface area contributed by atoms with E-state index in [-0.39, 0.29) is 11.6 Å². The molecule has 152 valence electrons. The van der Waals surface area contributed by atoms with Crippen LogP contribution in [0.4, 0.5) is 8.78 Å². The number of hydrogen-bond donors (Lipinski definition) is 2. The van der Waals surface area contributed by atoms with Gasteiger partial charge in [-0.25, -0.2) is 8.78 Å². The molecule has 6 heteroatoms. The lowest BCUT2D eigenvalue weighted by Gasteiger charge is -1.99. The summed E-state index contributed by atoms with van der Waals surface area (Å²) < 4.78 is 25.8. The fourth-order valence-electron chi connectivity index (χ4n) is 2.38. The first-order chi connectivity index (χ1) is 14.5. The minimum absolute atomic E-state index is 0.193. The summed E-state index contributed by atoms with van der Waals surface area (Å²) >= 11 is 3.12. The Labute approximate surface area is 183 Å². The highest BCUT2D eigenvalue weighted by Crippen LogP contribution is 2.18. The first kappa shape index (κ1) is 23.5. The molecule has 30 heavy (non-hydrogen) atoms. The predicted molar refractivity (Wildman–Crippen MR) is 122 cm³/mol. The van der Waals surface area contributed by atoms with E-state index in [2.05, 4.69) is 15.9 Å². The van der Waals surface area contributed by atoms with E-state index in [0.717, 1.165) is 15.6 Å². The molecule has 0 aliphatic carbocycles. The van der Waals surface area contributed by atoms with Gasteiger partial charge in [0, 0.05) is 4.47 Å². The van der Waals surface area contributed by atoms with Crippen LogP contribution in [0, 0.1) is 11.6 Å². The molecule has 4 aromatic rings. The van der Waals surface area contributed by atoms with E-state index < -0.39 is 7.12 Å². The average Bonchev–Trinajstić information content (AvgIpc) is 2.76. The molecule has 0 aromatic heterocycles. The zero-order valence-electron chi connectivity index (χ0n) is 16.0. The first-order valence-electron chi connectivity index (χ1n) is 9.09. The lowest BCUT2D eigenvalue weighted by atomic mass is 9.81. The van der Waals surface area contributed by atoms with Gasteiger partial charge in [-0.3, -0.25) is 0 Å². The van der Waals surface area contributed by atoms with Crippen molar-refractivity contribution in [3.63, 3.8) is 0 Å². The van der Waals surface area contributed by atoms with Gasteiger partial charge in [-0.1, -0.05) is 94.8 Å². The van der Waals surface area contributed by atoms with E-state index in [9.17, 15) is 8.78 Å². The fraction of sp³-hybridized carbons (Fsp3) is 0. The van der Waals surface area contributed by atoms with Crippen molar-refractivity contribution < 1.29 is 18.8 Å². The normalized spacial score (nSPS) is 9.50. The van der Waals surface area contributed by atoms with Crippen LogP contribution in [0.25, 0.3) is 11.1 Å². The molecule has 0 aliphatic rings. The highest BCUT2D eigenvalue weighted by Gasteiger charge is 2.07. The van der Waals surface area contributed by atoms with E-state index >= 15 is 0 Å². The van der Waals surface area contributed by atoms with E-state index in [1.807, 2.05) is 42.5 Å². The van der Waals surface area contributed by atoms with Crippen molar-refractivity contribution in [2.24, 2.45) is 0 Å². The van der Waals surface area contributed by atoms with Crippen molar-refractivity contribution in [1.29, 1.82) is 0 Å². The maximum atomic E-state index is 12.9. The second-order valence-electron chi connectivity index (χ2n) is 6.10. The molecule has 2 N–H and O–H groups in total. The number of rotatable bonds is 2. The van der Waals surface area contributed by atoms with Crippen LogP contribution >= 0.6 is 15.9 Å². The molecule has 4 rings (SSSR count). The smallest absolute Gasteiger partial charge is 0.423 e. The summed E-state index contributed by atoms with van der Waals surface area (Å²) in [6, 6.07) is 31.3. The quantitative estimate of drug-likeness (QED) is 0.384. The largest absolute Gasteiger partial charge is 0.488 e. The SMILES string of the molecule is Fc1cccc(-c2ccccc2)c1.Fc1cccc(Br)c1.OB(O)c1ccccc1. The zero-order valence-corrected chi connectivity index (χ0v) is 17.6. The van der Waals surface area contributed by atoms with Gasteiger partial charge in [0.15, 0.2) is 0 Å². The molecule has 2 nitrogen and oxygen atoms in total. The Morgan fingerprint density at radius 2 is 1.07 bits per heavy atom. The molecule has 0 heterocycles. The number of benzene rings is 4. The zero-order chi connectivity index (χ0) is 21.8. The highest BCUT2D eigenvalue weighted by molar-refractivity contribution is 9.10. The van der Waals surface area contributed by atoms with Gasteiger partial charge in [-0.15, -0.1) is 0 Å². The van der Waals surface area contributed by atoms with E-state index in [1.165, 1.54) is 24.3 Å². The lowest BCUT2D eigenvalue weighted by molar-refractivity contribution is 0.426. The van der Waals surface area contributed by atoms with Crippen LogP contribution in [0.15, 0.2) is 114 Å². The van der Waals surface area contributed by atoms with Crippen LogP contribution in [0.1, 0.15) is 0 Å². The first-order valence-corrected chi connectivity index (χ1v) is 9.88.